The van der Waals surface area contributed by atoms with Crippen molar-refractivity contribution in [3.63, 3.8) is 0 Å². The first kappa shape index (κ1) is 15.0. The fourth-order valence-electron chi connectivity index (χ4n) is 3.84. The molecule has 5 heteroatoms. The second-order valence-electron chi connectivity index (χ2n) is 6.31. The first-order valence-corrected chi connectivity index (χ1v) is 9.19. The van der Waals surface area contributed by atoms with Crippen LogP contribution in [-0.2, 0) is 0 Å². The van der Waals surface area contributed by atoms with Crippen LogP contribution >= 0.6 is 27.3 Å². The van der Waals surface area contributed by atoms with Crippen molar-refractivity contribution in [2.24, 2.45) is 5.73 Å². The van der Waals surface area contributed by atoms with E-state index in [0.29, 0.717) is 12.1 Å². The van der Waals surface area contributed by atoms with Crippen molar-refractivity contribution in [1.82, 2.24) is 9.80 Å². The molecule has 2 N–H and O–H groups in total. The lowest BCUT2D eigenvalue weighted by Crippen LogP contribution is -2.43. The molecule has 0 saturated carbocycles. The minimum Gasteiger partial charge on any atom is -0.326 e. The van der Waals surface area contributed by atoms with Gasteiger partial charge in [0.2, 0.25) is 0 Å². The van der Waals surface area contributed by atoms with Crippen molar-refractivity contribution in [1.29, 1.82) is 0 Å². The van der Waals surface area contributed by atoms with E-state index in [1.54, 1.807) is 0 Å². The predicted octanol–water partition coefficient (Wildman–Crippen LogP) is 3.07. The Morgan fingerprint density at radius 1 is 1.35 bits per heavy atom. The molecule has 0 aliphatic carbocycles. The van der Waals surface area contributed by atoms with E-state index in [-0.39, 0.29) is 6.04 Å². The van der Waals surface area contributed by atoms with Gasteiger partial charge >= 0.3 is 0 Å². The Labute approximate surface area is 134 Å². The van der Waals surface area contributed by atoms with Gasteiger partial charge < -0.3 is 5.73 Å². The maximum atomic E-state index is 6.33. The lowest BCUT2D eigenvalue weighted by molar-refractivity contribution is 0.158. The van der Waals surface area contributed by atoms with Crippen LogP contribution in [0.2, 0.25) is 0 Å². The molecule has 2 aliphatic rings. The lowest BCUT2D eigenvalue weighted by Gasteiger charge is -2.35. The van der Waals surface area contributed by atoms with Crippen molar-refractivity contribution in [3.8, 4) is 0 Å². The maximum Gasteiger partial charge on any atom is 0.0591 e. The molecule has 2 bridgehead atoms. The Kier molecular flexibility index (Phi) is 4.53. The van der Waals surface area contributed by atoms with Gasteiger partial charge in [-0.2, -0.15) is 0 Å². The Bertz CT molecular complexity index is 462. The smallest absolute Gasteiger partial charge is 0.0591 e. The quantitative estimate of drug-likeness (QED) is 0.901. The minimum absolute atomic E-state index is 0.169. The summed E-state index contributed by atoms with van der Waals surface area (Å²) in [5.74, 6) is 0. The number of halogens is 1. The highest BCUT2D eigenvalue weighted by molar-refractivity contribution is 9.10. The number of likely N-dealkylation sites (tertiary alicyclic amines) is 1. The summed E-state index contributed by atoms with van der Waals surface area (Å²) in [6, 6.07) is 4.27. The van der Waals surface area contributed by atoms with Gasteiger partial charge in [0, 0.05) is 45.9 Å². The molecule has 4 unspecified atom stereocenters. The molecule has 1 aromatic rings. The van der Waals surface area contributed by atoms with Crippen LogP contribution in [-0.4, -0.2) is 48.1 Å². The van der Waals surface area contributed by atoms with Gasteiger partial charge in [-0.1, -0.05) is 0 Å². The van der Waals surface area contributed by atoms with Gasteiger partial charge in [0.1, 0.15) is 0 Å². The Balaban J connectivity index is 1.81. The molecule has 2 aliphatic heterocycles. The number of likely N-dealkylation sites (N-methyl/N-ethyl adjacent to an activating group) is 1. The number of hydrogen-bond acceptors (Lipinski definition) is 4. The molecule has 3 rings (SSSR count). The van der Waals surface area contributed by atoms with Crippen molar-refractivity contribution in [2.75, 3.05) is 20.1 Å². The highest BCUT2D eigenvalue weighted by Crippen LogP contribution is 2.36. The zero-order chi connectivity index (χ0) is 14.3. The zero-order valence-corrected chi connectivity index (χ0v) is 14.7. The van der Waals surface area contributed by atoms with Crippen molar-refractivity contribution in [3.05, 3.63) is 20.8 Å². The summed E-state index contributed by atoms with van der Waals surface area (Å²) in [6.45, 7) is 4.48. The van der Waals surface area contributed by atoms with E-state index in [2.05, 4.69) is 51.1 Å². The van der Waals surface area contributed by atoms with E-state index in [1.807, 2.05) is 11.3 Å². The fraction of sp³-hybridized carbons (Fsp3) is 0.733. The lowest BCUT2D eigenvalue weighted by atomic mass is 10.0. The molecule has 2 saturated heterocycles. The number of hydrogen-bond donors (Lipinski definition) is 1. The van der Waals surface area contributed by atoms with E-state index in [9.17, 15) is 0 Å². The average molecular weight is 358 g/mol. The summed E-state index contributed by atoms with van der Waals surface area (Å²) in [5, 5.41) is 2.17. The number of thiophene rings is 1. The van der Waals surface area contributed by atoms with E-state index in [0.717, 1.165) is 12.6 Å². The van der Waals surface area contributed by atoms with Crippen LogP contribution in [0.4, 0.5) is 0 Å². The van der Waals surface area contributed by atoms with Gasteiger partial charge in [0.15, 0.2) is 0 Å². The Hall–Kier alpha value is 0.0600. The molecule has 3 nitrogen and oxygen atoms in total. The molecule has 1 aromatic heterocycles. The van der Waals surface area contributed by atoms with Gasteiger partial charge in [-0.05, 0) is 55.2 Å². The highest BCUT2D eigenvalue weighted by Gasteiger charge is 2.37. The summed E-state index contributed by atoms with van der Waals surface area (Å²) in [4.78, 5) is 6.62. The molecule has 20 heavy (non-hydrogen) atoms. The van der Waals surface area contributed by atoms with Crippen LogP contribution in [0.25, 0.3) is 0 Å². The molecular formula is C15H24BrN3S. The van der Waals surface area contributed by atoms with E-state index in [1.165, 1.54) is 35.2 Å². The number of rotatable bonds is 3. The van der Waals surface area contributed by atoms with Crippen LogP contribution in [0.3, 0.4) is 0 Å². The normalized spacial score (nSPS) is 31.2. The molecule has 0 amide bonds. The highest BCUT2D eigenvalue weighted by atomic mass is 79.9. The molecule has 3 heterocycles. The summed E-state index contributed by atoms with van der Waals surface area (Å²) in [7, 11) is 2.30. The molecule has 0 aromatic carbocycles. The SMILES string of the molecule is CC(N)C(c1cc(Br)cs1)N1CCC2CCC(C1)N2C. The van der Waals surface area contributed by atoms with E-state index < -0.39 is 0 Å². The second kappa shape index (κ2) is 6.05. The summed E-state index contributed by atoms with van der Waals surface area (Å²) >= 11 is 5.40. The van der Waals surface area contributed by atoms with Crippen LogP contribution in [0.15, 0.2) is 15.9 Å². The average Bonchev–Trinajstić information content (AvgIpc) is 2.88. The van der Waals surface area contributed by atoms with Crippen molar-refractivity contribution >= 4 is 27.3 Å². The first-order chi connectivity index (χ1) is 9.56. The van der Waals surface area contributed by atoms with Gasteiger partial charge in [0.05, 0.1) is 6.04 Å². The zero-order valence-electron chi connectivity index (χ0n) is 12.3. The second-order valence-corrected chi connectivity index (χ2v) is 8.16. The van der Waals surface area contributed by atoms with Gasteiger partial charge in [-0.3, -0.25) is 9.80 Å². The number of nitrogens with two attached hydrogens (primary N) is 1. The van der Waals surface area contributed by atoms with Gasteiger partial charge in [-0.15, -0.1) is 11.3 Å². The number of fused-ring (bicyclic) bond motifs is 2. The molecule has 0 spiro atoms. The van der Waals surface area contributed by atoms with Crippen molar-refractivity contribution in [2.45, 2.75) is 50.4 Å². The standard InChI is InChI=1S/C15H24BrN3S/c1-10(17)15(14-7-11(16)9-20-14)19-6-5-12-3-4-13(8-19)18(12)2/h7,9-10,12-13,15H,3-6,8,17H2,1-2H3. The van der Waals surface area contributed by atoms with Gasteiger partial charge in [0.25, 0.3) is 0 Å². The summed E-state index contributed by atoms with van der Waals surface area (Å²) in [5.41, 5.74) is 6.33. The summed E-state index contributed by atoms with van der Waals surface area (Å²) in [6.07, 6.45) is 4.00. The summed E-state index contributed by atoms with van der Waals surface area (Å²) < 4.78 is 1.18. The fourth-order valence-corrected chi connectivity index (χ4v) is 5.54. The Morgan fingerprint density at radius 2 is 2.10 bits per heavy atom. The number of nitrogens with zero attached hydrogens (tertiary/aromatic N) is 2. The molecule has 4 atom stereocenters. The van der Waals surface area contributed by atoms with Crippen LogP contribution < -0.4 is 5.73 Å². The third-order valence-electron chi connectivity index (χ3n) is 4.95. The third kappa shape index (κ3) is 2.83. The van der Waals surface area contributed by atoms with Crippen LogP contribution in [0.5, 0.6) is 0 Å². The molecule has 112 valence electrons. The monoisotopic (exact) mass is 357 g/mol. The van der Waals surface area contributed by atoms with Crippen LogP contribution in [0.1, 0.15) is 37.1 Å². The minimum atomic E-state index is 0.169. The predicted molar refractivity (Wildman–Crippen MR) is 89.2 cm³/mol. The van der Waals surface area contributed by atoms with Gasteiger partial charge in [-0.25, -0.2) is 0 Å². The Morgan fingerprint density at radius 3 is 2.75 bits per heavy atom. The largest absolute Gasteiger partial charge is 0.326 e. The topological polar surface area (TPSA) is 32.5 Å². The van der Waals surface area contributed by atoms with Crippen molar-refractivity contribution < 1.29 is 0 Å². The van der Waals surface area contributed by atoms with E-state index >= 15 is 0 Å². The maximum absolute atomic E-state index is 6.33. The van der Waals surface area contributed by atoms with E-state index in [4.69, 9.17) is 5.73 Å². The third-order valence-corrected chi connectivity index (χ3v) is 6.71. The molecular weight excluding hydrogens is 334 g/mol. The molecule has 2 fully saturated rings. The first-order valence-electron chi connectivity index (χ1n) is 7.51. The molecule has 0 radical (unpaired) electrons. The van der Waals surface area contributed by atoms with Crippen LogP contribution in [0, 0.1) is 0 Å².